The van der Waals surface area contributed by atoms with Crippen LogP contribution in [0.3, 0.4) is 0 Å². The summed E-state index contributed by atoms with van der Waals surface area (Å²) in [5, 5.41) is 0. The number of halogens is 3. The Bertz CT molecular complexity index is 29.5. The summed E-state index contributed by atoms with van der Waals surface area (Å²) < 4.78 is 1.00. The zero-order valence-electron chi connectivity index (χ0n) is 5.58. The van der Waals surface area contributed by atoms with E-state index in [1.807, 2.05) is 0 Å². The standard InChI is InChI=1S/C4H12N.ClI.ClH/c1-5(2,3)4;1-2;/h1-4H3;;1H/q+1;;/p-1. The Balaban J connectivity index is -0.0000000750. The molecular formula is C4H12Cl2IN. The molecule has 4 heteroatoms. The predicted molar refractivity (Wildman–Crippen MR) is 43.8 cm³/mol. The molecule has 0 N–H and O–H groups in total. The maximum Gasteiger partial charge on any atom is 0.0675 e. The molecule has 0 rings (SSSR count). The molecule has 0 amide bonds. The highest BCUT2D eigenvalue weighted by Crippen LogP contribution is 1.79. The van der Waals surface area contributed by atoms with E-state index >= 15 is 0 Å². The monoisotopic (exact) mass is 271 g/mol. The van der Waals surface area contributed by atoms with Gasteiger partial charge in [0.1, 0.15) is 0 Å². The van der Waals surface area contributed by atoms with E-state index in [1.54, 1.807) is 21.5 Å². The third-order valence-corrected chi connectivity index (χ3v) is 0. The minimum Gasteiger partial charge on any atom is -1.00 e. The second-order valence-electron chi connectivity index (χ2n) is 2.68. The number of hydrogen-bond donors (Lipinski definition) is 0. The molecule has 0 unspecified atom stereocenters. The van der Waals surface area contributed by atoms with Gasteiger partial charge in [0.05, 0.1) is 28.2 Å². The van der Waals surface area contributed by atoms with Crippen molar-refractivity contribution in [2.45, 2.75) is 0 Å². The van der Waals surface area contributed by atoms with Crippen molar-refractivity contribution in [1.29, 1.82) is 0 Å². The first-order chi connectivity index (χ1) is 3.00. The average Bonchev–Trinajstić information content (AvgIpc) is 1.36. The fourth-order valence-corrected chi connectivity index (χ4v) is 0. The van der Waals surface area contributed by atoms with Crippen LogP contribution in [0.15, 0.2) is 0 Å². The normalized spacial score (nSPS) is 8.25. The molecule has 0 aliphatic heterocycles. The van der Waals surface area contributed by atoms with Crippen molar-refractivity contribution in [2.24, 2.45) is 0 Å². The Morgan fingerprint density at radius 3 is 1.00 bits per heavy atom. The topological polar surface area (TPSA) is 0 Å². The Hall–Kier alpha value is 1.27. The van der Waals surface area contributed by atoms with Crippen molar-refractivity contribution in [3.63, 3.8) is 0 Å². The summed E-state index contributed by atoms with van der Waals surface area (Å²) in [5.74, 6) is 0. The molecule has 0 aromatic rings. The lowest BCUT2D eigenvalue weighted by atomic mass is 10.8. The van der Waals surface area contributed by atoms with Gasteiger partial charge in [-0.2, -0.15) is 0 Å². The van der Waals surface area contributed by atoms with Crippen molar-refractivity contribution in [2.75, 3.05) is 28.2 Å². The van der Waals surface area contributed by atoms with Crippen LogP contribution >= 0.6 is 30.4 Å². The maximum absolute atomic E-state index is 4.61. The second-order valence-corrected chi connectivity index (χ2v) is 2.68. The fraction of sp³-hybridized carbons (Fsp3) is 1.00. The lowest BCUT2D eigenvalue weighted by Gasteiger charge is -2.14. The number of quaternary nitrogens is 1. The lowest BCUT2D eigenvalue weighted by Crippen LogP contribution is -3.00. The highest BCUT2D eigenvalue weighted by atomic mass is 127. The molecule has 0 aliphatic rings. The van der Waals surface area contributed by atoms with Crippen molar-refractivity contribution < 1.29 is 16.9 Å². The summed E-state index contributed by atoms with van der Waals surface area (Å²) in [6, 6.07) is 0. The minimum absolute atomic E-state index is 0. The van der Waals surface area contributed by atoms with Crippen molar-refractivity contribution >= 4 is 30.4 Å². The van der Waals surface area contributed by atoms with Crippen LogP contribution < -0.4 is 12.4 Å². The van der Waals surface area contributed by atoms with Crippen LogP contribution in [0, 0.1) is 0 Å². The van der Waals surface area contributed by atoms with Crippen molar-refractivity contribution in [3.8, 4) is 0 Å². The van der Waals surface area contributed by atoms with Crippen LogP contribution in [0.4, 0.5) is 0 Å². The Kier molecular flexibility index (Phi) is 16.7. The molecule has 0 saturated carbocycles. The summed E-state index contributed by atoms with van der Waals surface area (Å²) in [5.41, 5.74) is 0. The van der Waals surface area contributed by atoms with Crippen LogP contribution in [-0.2, 0) is 0 Å². The number of nitrogens with zero attached hydrogens (tertiary/aromatic N) is 1. The van der Waals surface area contributed by atoms with E-state index in [0.29, 0.717) is 0 Å². The Labute approximate surface area is 75.2 Å². The summed E-state index contributed by atoms with van der Waals surface area (Å²) in [4.78, 5) is 0. The maximum atomic E-state index is 4.61. The highest BCUT2D eigenvalue weighted by molar-refractivity contribution is 14.1. The average molecular weight is 272 g/mol. The van der Waals surface area contributed by atoms with Crippen LogP contribution in [0.5, 0.6) is 0 Å². The molecule has 0 aromatic carbocycles. The molecule has 0 heterocycles. The molecule has 0 bridgehead atoms. The molecule has 0 saturated heterocycles. The minimum atomic E-state index is 0. The van der Waals surface area contributed by atoms with Gasteiger partial charge < -0.3 is 16.9 Å². The van der Waals surface area contributed by atoms with Crippen LogP contribution in [0.25, 0.3) is 0 Å². The van der Waals surface area contributed by atoms with Gasteiger partial charge in [0, 0.05) is 21.5 Å². The van der Waals surface area contributed by atoms with Gasteiger partial charge in [0.25, 0.3) is 0 Å². The van der Waals surface area contributed by atoms with Gasteiger partial charge in [-0.15, -0.1) is 0 Å². The van der Waals surface area contributed by atoms with Crippen molar-refractivity contribution in [3.05, 3.63) is 0 Å². The van der Waals surface area contributed by atoms with E-state index in [0.717, 1.165) is 4.48 Å². The first-order valence-corrected chi connectivity index (χ1v) is 4.66. The SMILES string of the molecule is C[N+](C)(C)C.ClI.[Cl-]. The largest absolute Gasteiger partial charge is 1.00 e. The molecule has 0 radical (unpaired) electrons. The van der Waals surface area contributed by atoms with E-state index in [-0.39, 0.29) is 12.4 Å². The number of rotatable bonds is 0. The first kappa shape index (κ1) is 16.1. The second kappa shape index (κ2) is 8.27. The zero-order valence-corrected chi connectivity index (χ0v) is 9.25. The molecule has 0 aliphatic carbocycles. The fourth-order valence-electron chi connectivity index (χ4n) is 0. The van der Waals surface area contributed by atoms with Gasteiger partial charge in [-0.1, -0.05) is 0 Å². The van der Waals surface area contributed by atoms with Gasteiger partial charge in [0.2, 0.25) is 0 Å². The van der Waals surface area contributed by atoms with Gasteiger partial charge in [0.15, 0.2) is 0 Å². The quantitative estimate of drug-likeness (QED) is 0.388. The Morgan fingerprint density at radius 2 is 1.00 bits per heavy atom. The molecule has 0 spiro atoms. The summed E-state index contributed by atoms with van der Waals surface area (Å²) in [7, 11) is 13.1. The van der Waals surface area contributed by atoms with E-state index in [9.17, 15) is 0 Å². The lowest BCUT2D eigenvalue weighted by molar-refractivity contribution is -0.849. The van der Waals surface area contributed by atoms with Gasteiger partial charge in [-0.25, -0.2) is 0 Å². The van der Waals surface area contributed by atoms with E-state index < -0.39 is 0 Å². The van der Waals surface area contributed by atoms with E-state index in [2.05, 4.69) is 37.1 Å². The number of hydrogen-bond acceptors (Lipinski definition) is 0. The van der Waals surface area contributed by atoms with Crippen LogP contribution in [0.2, 0.25) is 0 Å². The Morgan fingerprint density at radius 1 is 1.00 bits per heavy atom. The smallest absolute Gasteiger partial charge is 0.0675 e. The third kappa shape index (κ3) is 177. The summed E-state index contributed by atoms with van der Waals surface area (Å²) >= 11 is 1.62. The third-order valence-electron chi connectivity index (χ3n) is 0. The first-order valence-electron chi connectivity index (χ1n) is 1.93. The molecule has 0 atom stereocenters. The molecule has 1 nitrogen and oxygen atoms in total. The highest BCUT2D eigenvalue weighted by Gasteiger charge is 1.88. The molecule has 54 valence electrons. The van der Waals surface area contributed by atoms with Gasteiger partial charge in [-0.05, 0) is 8.91 Å². The van der Waals surface area contributed by atoms with Gasteiger partial charge in [-0.3, -0.25) is 0 Å². The summed E-state index contributed by atoms with van der Waals surface area (Å²) in [6.45, 7) is 0. The van der Waals surface area contributed by atoms with Crippen LogP contribution in [0.1, 0.15) is 0 Å². The zero-order chi connectivity index (χ0) is 6.50. The van der Waals surface area contributed by atoms with E-state index in [1.165, 1.54) is 0 Å². The molecule has 8 heavy (non-hydrogen) atoms. The predicted octanol–water partition coefficient (Wildman–Crippen LogP) is -1.10. The molecule has 0 aromatic heterocycles. The summed E-state index contributed by atoms with van der Waals surface area (Å²) in [6.07, 6.45) is 0. The van der Waals surface area contributed by atoms with Crippen LogP contribution in [-0.4, -0.2) is 32.7 Å². The van der Waals surface area contributed by atoms with Crippen molar-refractivity contribution in [1.82, 2.24) is 0 Å². The van der Waals surface area contributed by atoms with E-state index in [4.69, 9.17) is 0 Å². The van der Waals surface area contributed by atoms with Gasteiger partial charge >= 0.3 is 0 Å². The molecular weight excluding hydrogens is 260 g/mol. The molecule has 0 fully saturated rings.